The number of ether oxygens (including phenoxy) is 2. The third kappa shape index (κ3) is 3.82. The minimum absolute atomic E-state index is 0.000898. The molecule has 0 radical (unpaired) electrons. The molecular formula is C22H17F3O2. The maximum atomic E-state index is 14.8. The number of hydrogen-bond acceptors (Lipinski definition) is 2. The zero-order valence-electron chi connectivity index (χ0n) is 14.6. The Balaban J connectivity index is 2.01. The normalized spacial score (nSPS) is 11.9. The highest BCUT2D eigenvalue weighted by Crippen LogP contribution is 2.34. The first-order valence-electron chi connectivity index (χ1n) is 8.21. The van der Waals surface area contributed by atoms with Crippen molar-refractivity contribution in [2.45, 2.75) is 0 Å². The Morgan fingerprint density at radius 2 is 1.67 bits per heavy atom. The summed E-state index contributed by atoms with van der Waals surface area (Å²) >= 11 is 0. The fraction of sp³-hybridized carbons (Fsp3) is 0.0909. The van der Waals surface area contributed by atoms with Gasteiger partial charge in [0.1, 0.15) is 23.9 Å². The number of methoxy groups -OCH3 is 1. The van der Waals surface area contributed by atoms with Gasteiger partial charge in [0.15, 0.2) is 11.7 Å². The van der Waals surface area contributed by atoms with Gasteiger partial charge in [-0.2, -0.15) is 0 Å². The number of rotatable bonds is 6. The van der Waals surface area contributed by atoms with E-state index >= 15 is 0 Å². The molecule has 0 aliphatic rings. The number of halogens is 3. The second-order valence-electron chi connectivity index (χ2n) is 5.77. The Labute approximate surface area is 155 Å². The number of hydrogen-bond donors (Lipinski definition) is 0. The molecule has 0 unspecified atom stereocenters. The highest BCUT2D eigenvalue weighted by Gasteiger charge is 2.17. The average Bonchev–Trinajstić information content (AvgIpc) is 2.71. The zero-order valence-corrected chi connectivity index (χ0v) is 14.6. The van der Waals surface area contributed by atoms with Crippen LogP contribution in [0.3, 0.4) is 0 Å². The van der Waals surface area contributed by atoms with E-state index in [0.29, 0.717) is 23.5 Å². The molecule has 2 nitrogen and oxygen atoms in total. The van der Waals surface area contributed by atoms with E-state index in [1.54, 1.807) is 18.2 Å². The van der Waals surface area contributed by atoms with Crippen molar-refractivity contribution < 1.29 is 22.6 Å². The predicted molar refractivity (Wildman–Crippen MR) is 102 cm³/mol. The molecule has 5 heteroatoms. The molecule has 0 aliphatic heterocycles. The first-order valence-corrected chi connectivity index (χ1v) is 8.21. The van der Waals surface area contributed by atoms with Gasteiger partial charge in [0.25, 0.3) is 0 Å². The first-order chi connectivity index (χ1) is 13.0. The van der Waals surface area contributed by atoms with Crippen molar-refractivity contribution in [3.05, 3.63) is 84.2 Å². The van der Waals surface area contributed by atoms with Crippen LogP contribution in [0.25, 0.3) is 22.4 Å². The van der Waals surface area contributed by atoms with Gasteiger partial charge in [0.05, 0.1) is 7.11 Å². The van der Waals surface area contributed by atoms with Crippen LogP contribution in [-0.2, 0) is 0 Å². The summed E-state index contributed by atoms with van der Waals surface area (Å²) in [6, 6.07) is 13.2. The second kappa shape index (κ2) is 7.99. The Hall–Kier alpha value is -3.21. The molecule has 0 aromatic heterocycles. The summed E-state index contributed by atoms with van der Waals surface area (Å²) < 4.78 is 54.3. The van der Waals surface area contributed by atoms with Crippen molar-refractivity contribution in [2.24, 2.45) is 0 Å². The van der Waals surface area contributed by atoms with Gasteiger partial charge >= 0.3 is 0 Å². The molecule has 0 fully saturated rings. The van der Waals surface area contributed by atoms with Gasteiger partial charge in [0.2, 0.25) is 0 Å². The minimum atomic E-state index is -1.26. The molecule has 27 heavy (non-hydrogen) atoms. The van der Waals surface area contributed by atoms with Crippen LogP contribution in [0, 0.1) is 5.82 Å². The molecule has 0 saturated heterocycles. The lowest BCUT2D eigenvalue weighted by molar-refractivity contribution is 0.364. The molecule has 3 aromatic carbocycles. The number of fused-ring (bicyclic) bond motifs is 1. The van der Waals surface area contributed by atoms with E-state index in [2.05, 4.69) is 6.58 Å². The van der Waals surface area contributed by atoms with Crippen molar-refractivity contribution in [1.82, 2.24) is 0 Å². The highest BCUT2D eigenvalue weighted by atomic mass is 19.2. The summed E-state index contributed by atoms with van der Waals surface area (Å²) in [5, 5.41) is 0.701. The molecule has 3 aromatic rings. The summed E-state index contributed by atoms with van der Waals surface area (Å²) in [5.41, 5.74) is -0.434. The summed E-state index contributed by atoms with van der Waals surface area (Å²) in [6.45, 7) is 3.88. The molecule has 138 valence electrons. The molecule has 0 N–H and O–H groups in total. The highest BCUT2D eigenvalue weighted by molar-refractivity contribution is 5.91. The van der Waals surface area contributed by atoms with Gasteiger partial charge < -0.3 is 9.47 Å². The Morgan fingerprint density at radius 3 is 2.33 bits per heavy atom. The van der Waals surface area contributed by atoms with Gasteiger partial charge in [-0.15, -0.1) is 0 Å². The van der Waals surface area contributed by atoms with Gasteiger partial charge in [-0.3, -0.25) is 0 Å². The predicted octanol–water partition coefficient (Wildman–Crippen LogP) is 6.32. The molecule has 0 aliphatic carbocycles. The standard InChI is InChI=1S/C22H17F3O2/c1-3-12-27-17-9-11-18-15(13-17)6-10-19(21(18)24)22(25)20(23)14-4-7-16(26-2)8-5-14/h3-11,13H,1,12H2,2H3. The number of benzene rings is 3. The third-order valence-corrected chi connectivity index (χ3v) is 4.07. The summed E-state index contributed by atoms with van der Waals surface area (Å²) in [4.78, 5) is 0. The van der Waals surface area contributed by atoms with Crippen LogP contribution in [-0.4, -0.2) is 13.7 Å². The Kier molecular flexibility index (Phi) is 5.50. The molecule has 0 spiro atoms. The zero-order chi connectivity index (χ0) is 19.4. The third-order valence-electron chi connectivity index (χ3n) is 4.07. The van der Waals surface area contributed by atoms with Gasteiger partial charge in [0, 0.05) is 16.5 Å². The van der Waals surface area contributed by atoms with Crippen LogP contribution in [0.4, 0.5) is 13.2 Å². The smallest absolute Gasteiger partial charge is 0.169 e. The van der Waals surface area contributed by atoms with Gasteiger partial charge in [-0.05, 0) is 53.9 Å². The van der Waals surface area contributed by atoms with Crippen molar-refractivity contribution >= 4 is 22.4 Å². The molecule has 3 rings (SSSR count). The fourth-order valence-corrected chi connectivity index (χ4v) is 2.67. The van der Waals surface area contributed by atoms with Crippen molar-refractivity contribution in [3.63, 3.8) is 0 Å². The van der Waals surface area contributed by atoms with Crippen molar-refractivity contribution in [1.29, 1.82) is 0 Å². The van der Waals surface area contributed by atoms with Crippen molar-refractivity contribution in [2.75, 3.05) is 13.7 Å². The van der Waals surface area contributed by atoms with Crippen LogP contribution in [0.2, 0.25) is 0 Å². The average molecular weight is 370 g/mol. The quantitative estimate of drug-likeness (QED) is 0.373. The van der Waals surface area contributed by atoms with Crippen LogP contribution in [0.15, 0.2) is 67.3 Å². The molecule has 0 heterocycles. The summed E-state index contributed by atoms with van der Waals surface area (Å²) in [7, 11) is 1.47. The monoisotopic (exact) mass is 370 g/mol. The van der Waals surface area contributed by atoms with E-state index in [4.69, 9.17) is 9.47 Å². The van der Waals surface area contributed by atoms with Crippen LogP contribution in [0.5, 0.6) is 11.5 Å². The molecule has 0 saturated carbocycles. The molecule has 0 atom stereocenters. The maximum absolute atomic E-state index is 14.8. The SMILES string of the molecule is C=CCOc1ccc2c(F)c(C(F)=C(F)c3ccc(OC)cc3)ccc2c1. The lowest BCUT2D eigenvalue weighted by Gasteiger charge is -2.09. The molecule has 0 amide bonds. The lowest BCUT2D eigenvalue weighted by Crippen LogP contribution is -1.94. The Morgan fingerprint density at radius 1 is 0.963 bits per heavy atom. The van der Waals surface area contributed by atoms with E-state index in [9.17, 15) is 13.2 Å². The molecular weight excluding hydrogens is 353 g/mol. The van der Waals surface area contributed by atoms with Crippen LogP contribution >= 0.6 is 0 Å². The second-order valence-corrected chi connectivity index (χ2v) is 5.77. The Bertz CT molecular complexity index is 1010. The van der Waals surface area contributed by atoms with Crippen LogP contribution < -0.4 is 9.47 Å². The van der Waals surface area contributed by atoms with E-state index in [1.165, 1.54) is 49.6 Å². The largest absolute Gasteiger partial charge is 0.497 e. The van der Waals surface area contributed by atoms with E-state index in [0.717, 1.165) is 0 Å². The van der Waals surface area contributed by atoms with E-state index in [-0.39, 0.29) is 10.9 Å². The van der Waals surface area contributed by atoms with E-state index < -0.39 is 23.0 Å². The topological polar surface area (TPSA) is 18.5 Å². The fourth-order valence-electron chi connectivity index (χ4n) is 2.67. The van der Waals surface area contributed by atoms with Gasteiger partial charge in [-0.25, -0.2) is 13.2 Å². The van der Waals surface area contributed by atoms with Crippen molar-refractivity contribution in [3.8, 4) is 11.5 Å². The van der Waals surface area contributed by atoms with Crippen LogP contribution in [0.1, 0.15) is 11.1 Å². The van der Waals surface area contributed by atoms with Gasteiger partial charge in [-0.1, -0.05) is 18.7 Å². The summed E-state index contributed by atoms with van der Waals surface area (Å²) in [5.74, 6) is -2.18. The molecule has 0 bridgehead atoms. The summed E-state index contributed by atoms with van der Waals surface area (Å²) in [6.07, 6.45) is 1.59. The maximum Gasteiger partial charge on any atom is 0.169 e. The van der Waals surface area contributed by atoms with E-state index in [1.807, 2.05) is 0 Å². The lowest BCUT2D eigenvalue weighted by atomic mass is 10.0. The first kappa shape index (κ1) is 18.6. The minimum Gasteiger partial charge on any atom is -0.497 e.